The van der Waals surface area contributed by atoms with Crippen LogP contribution in [0.5, 0.6) is 0 Å². The van der Waals surface area contributed by atoms with Crippen molar-refractivity contribution in [3.63, 3.8) is 0 Å². The first-order valence-corrected chi connectivity index (χ1v) is 4.86. The molecular weight excluding hydrogens is 140 g/mol. The lowest BCUT2D eigenvalue weighted by molar-refractivity contribution is -0.109. The van der Waals surface area contributed by atoms with Gasteiger partial charge in [-0.25, -0.2) is 0 Å². The summed E-state index contributed by atoms with van der Waals surface area (Å²) in [5.41, 5.74) is 0. The van der Waals surface area contributed by atoms with Gasteiger partial charge in [0, 0.05) is 0 Å². The zero-order chi connectivity index (χ0) is 6.78. The maximum Gasteiger partial charge on any atom is 0.135 e. The first-order chi connectivity index (χ1) is 3.50. The molecule has 1 atom stereocenters. The smallest absolute Gasteiger partial charge is 0.135 e. The van der Waals surface area contributed by atoms with Gasteiger partial charge in [0.1, 0.15) is 6.29 Å². The lowest BCUT2D eigenvalue weighted by atomic mass is 10.2. The van der Waals surface area contributed by atoms with Crippen molar-refractivity contribution >= 4 is 26.9 Å². The summed E-state index contributed by atoms with van der Waals surface area (Å²) in [6.07, 6.45) is 2.81. The van der Waals surface area contributed by atoms with E-state index < -0.39 is 0 Å². The van der Waals surface area contributed by atoms with Crippen molar-refractivity contribution in [3.8, 4) is 0 Å². The molecule has 0 aliphatic carbocycles. The summed E-state index contributed by atoms with van der Waals surface area (Å²) in [5.74, 6) is 0. The van der Waals surface area contributed by atoms with Crippen LogP contribution in [0.2, 0.25) is 0 Å². The Morgan fingerprint density at radius 2 is 2.00 bits per heavy atom. The van der Waals surface area contributed by atoms with E-state index in [1.807, 2.05) is 20.1 Å². The third-order valence-corrected chi connectivity index (χ3v) is 3.89. The van der Waals surface area contributed by atoms with Gasteiger partial charge in [-0.15, -0.1) is 9.45 Å². The topological polar surface area (TPSA) is 17.1 Å². The van der Waals surface area contributed by atoms with Gasteiger partial charge in [-0.2, -0.15) is 0 Å². The van der Waals surface area contributed by atoms with Crippen molar-refractivity contribution in [1.29, 1.82) is 0 Å². The molecule has 0 rings (SSSR count). The van der Waals surface area contributed by atoms with Crippen LogP contribution in [0.4, 0.5) is 0 Å². The summed E-state index contributed by atoms with van der Waals surface area (Å²) < 4.78 is -0.296. The van der Waals surface area contributed by atoms with Crippen molar-refractivity contribution in [2.45, 2.75) is 18.6 Å². The molecule has 8 heavy (non-hydrogen) atoms. The van der Waals surface area contributed by atoms with E-state index in [9.17, 15) is 4.79 Å². The molecule has 0 aromatic heterocycles. The number of carbonyl (C=O) groups excluding carboxylic acids is 1. The largest absolute Gasteiger partial charge is 0.302 e. The molecule has 0 bridgehead atoms. The molecule has 0 amide bonds. The third-order valence-electron chi connectivity index (χ3n) is 1.02. The number of carbonyl (C=O) groups is 1. The Labute approximate surface area is 57.1 Å². The van der Waals surface area contributed by atoms with Crippen molar-refractivity contribution < 1.29 is 4.79 Å². The summed E-state index contributed by atoms with van der Waals surface area (Å²) in [4.78, 5) is 10.2. The Morgan fingerprint density at radius 3 is 2.00 bits per heavy atom. The minimum atomic E-state index is -0.296. The zero-order valence-electron chi connectivity index (χ0n) is 5.30. The second-order valence-corrected chi connectivity index (χ2v) is 5.64. The summed E-state index contributed by atoms with van der Waals surface area (Å²) in [7, 11) is -0.211. The third kappa shape index (κ3) is 2.01. The predicted molar refractivity (Wildman–Crippen MR) is 40.8 cm³/mol. The minimum Gasteiger partial charge on any atom is -0.302 e. The van der Waals surface area contributed by atoms with E-state index in [4.69, 9.17) is 11.2 Å². The molecule has 0 heterocycles. The fourth-order valence-electron chi connectivity index (χ4n) is 0.0678. The molecule has 3 heteroatoms. The number of aldehydes is 1. The monoisotopic (exact) mass is 150 g/mol. The van der Waals surface area contributed by atoms with E-state index in [0.29, 0.717) is 0 Å². The summed E-state index contributed by atoms with van der Waals surface area (Å²) in [5, 5.41) is 0. The summed E-state index contributed by atoms with van der Waals surface area (Å²) in [6.45, 7) is 3.71. The van der Waals surface area contributed by atoms with Gasteiger partial charge in [0.25, 0.3) is 0 Å². The quantitative estimate of drug-likeness (QED) is 0.538. The number of hydrogen-bond donors (Lipinski definition) is 0. The molecule has 0 aliphatic rings. The molecule has 0 spiro atoms. The molecule has 0 saturated carbocycles. The molecule has 0 fully saturated rings. The van der Waals surface area contributed by atoms with Crippen LogP contribution in [0, 0.1) is 0 Å². The van der Waals surface area contributed by atoms with E-state index in [1.165, 1.54) is 0 Å². The van der Waals surface area contributed by atoms with Crippen LogP contribution in [0.15, 0.2) is 0 Å². The van der Waals surface area contributed by atoms with Crippen LogP contribution in [-0.2, 0) is 25.4 Å². The zero-order valence-corrected chi connectivity index (χ0v) is 6.94. The Balaban J connectivity index is 4.12. The van der Waals surface area contributed by atoms with Crippen LogP contribution in [0.25, 0.3) is 0 Å². The number of hydrogen-bond acceptors (Lipinski definition) is 2. The van der Waals surface area contributed by atoms with E-state index >= 15 is 0 Å². The molecule has 48 valence electrons. The molecule has 0 aliphatic heterocycles. The van der Waals surface area contributed by atoms with Gasteiger partial charge in [0.05, 0.1) is 4.75 Å². The fraction of sp³-hybridized carbons (Fsp3) is 0.800. The lowest BCUT2D eigenvalue weighted by Crippen LogP contribution is -2.26. The van der Waals surface area contributed by atoms with E-state index in [2.05, 4.69) is 0 Å². The Morgan fingerprint density at radius 1 is 1.62 bits per heavy atom. The SMILES string of the molecule is CS(=S)C(C)(C)C=O. The average Bonchev–Trinajstić information content (AvgIpc) is 1.67. The molecule has 0 aromatic rings. The second-order valence-electron chi connectivity index (χ2n) is 2.18. The Bertz CT molecular complexity index is 118. The van der Waals surface area contributed by atoms with Crippen LogP contribution in [-0.4, -0.2) is 17.3 Å². The highest BCUT2D eigenvalue weighted by atomic mass is 32.8. The van der Waals surface area contributed by atoms with Gasteiger partial charge in [0.15, 0.2) is 0 Å². The highest BCUT2D eigenvalue weighted by Gasteiger charge is 2.16. The summed E-state index contributed by atoms with van der Waals surface area (Å²) >= 11 is 4.91. The molecule has 0 N–H and O–H groups in total. The maximum atomic E-state index is 10.2. The lowest BCUT2D eigenvalue weighted by Gasteiger charge is -2.14. The van der Waals surface area contributed by atoms with Crippen LogP contribution in [0.1, 0.15) is 13.8 Å². The van der Waals surface area contributed by atoms with Gasteiger partial charge in [0.2, 0.25) is 0 Å². The fourth-order valence-corrected chi connectivity index (χ4v) is 0.321. The van der Waals surface area contributed by atoms with Crippen LogP contribution < -0.4 is 0 Å². The van der Waals surface area contributed by atoms with E-state index in [0.717, 1.165) is 6.29 Å². The first-order valence-electron chi connectivity index (χ1n) is 2.30. The Kier molecular flexibility index (Phi) is 2.77. The van der Waals surface area contributed by atoms with Crippen LogP contribution >= 0.6 is 0 Å². The highest BCUT2D eigenvalue weighted by molar-refractivity contribution is 8.29. The Hall–Kier alpha value is 0.240. The van der Waals surface area contributed by atoms with E-state index in [-0.39, 0.29) is 14.2 Å². The van der Waals surface area contributed by atoms with Gasteiger partial charge >= 0.3 is 0 Å². The van der Waals surface area contributed by atoms with Crippen LogP contribution in [0.3, 0.4) is 0 Å². The van der Waals surface area contributed by atoms with E-state index in [1.54, 1.807) is 0 Å². The molecular formula is C5H10OS2. The molecule has 1 unspecified atom stereocenters. The normalized spacial score (nSPS) is 15.4. The maximum absolute atomic E-state index is 10.2. The highest BCUT2D eigenvalue weighted by Crippen LogP contribution is 2.05. The number of rotatable bonds is 2. The molecule has 1 nitrogen and oxygen atoms in total. The van der Waals surface area contributed by atoms with Gasteiger partial charge in [-0.1, -0.05) is 11.2 Å². The van der Waals surface area contributed by atoms with Crippen molar-refractivity contribution in [1.82, 2.24) is 0 Å². The van der Waals surface area contributed by atoms with Gasteiger partial charge in [-0.3, -0.25) is 0 Å². The first kappa shape index (κ1) is 8.24. The average molecular weight is 150 g/mol. The molecule has 0 radical (unpaired) electrons. The van der Waals surface area contributed by atoms with Crippen molar-refractivity contribution in [3.05, 3.63) is 0 Å². The van der Waals surface area contributed by atoms with Crippen molar-refractivity contribution in [2.75, 3.05) is 6.26 Å². The van der Waals surface area contributed by atoms with Gasteiger partial charge < -0.3 is 4.79 Å². The predicted octanol–water partition coefficient (Wildman–Crippen LogP) is 0.674. The summed E-state index contributed by atoms with van der Waals surface area (Å²) in [6, 6.07) is 0. The van der Waals surface area contributed by atoms with Crippen molar-refractivity contribution in [2.24, 2.45) is 0 Å². The second kappa shape index (κ2) is 2.69. The molecule has 0 saturated heterocycles. The standard InChI is InChI=1S/C5H10OS2/c1-5(2,4-6)8(3)7/h4H,1-3H3. The van der Waals surface area contributed by atoms with Gasteiger partial charge in [-0.05, 0) is 20.1 Å². The molecule has 0 aromatic carbocycles. The minimum absolute atomic E-state index is 0.211.